The molecule has 1 amide bonds. The lowest BCUT2D eigenvalue weighted by atomic mass is 9.64. The van der Waals surface area contributed by atoms with Crippen molar-refractivity contribution >= 4 is 45.6 Å². The number of nitrogens with two attached hydrogens (primary N) is 1. The first-order chi connectivity index (χ1) is 18.3. The highest BCUT2D eigenvalue weighted by Gasteiger charge is 2.60. The van der Waals surface area contributed by atoms with E-state index >= 15 is 0 Å². The summed E-state index contributed by atoms with van der Waals surface area (Å²) in [5.41, 5.74) is 8.22. The van der Waals surface area contributed by atoms with Crippen molar-refractivity contribution in [2.75, 3.05) is 10.2 Å². The zero-order valence-corrected chi connectivity index (χ0v) is 21.9. The third kappa shape index (κ3) is 3.55. The lowest BCUT2D eigenvalue weighted by molar-refractivity contribution is -0.122. The summed E-state index contributed by atoms with van der Waals surface area (Å²) in [5, 5.41) is 22.1. The van der Waals surface area contributed by atoms with E-state index in [1.807, 2.05) is 6.92 Å². The Morgan fingerprint density at radius 1 is 1.21 bits per heavy atom. The second-order valence-electron chi connectivity index (χ2n) is 9.32. The van der Waals surface area contributed by atoms with Crippen LogP contribution in [0, 0.1) is 24.1 Å². The Bertz CT molecular complexity index is 1620. The van der Waals surface area contributed by atoms with Gasteiger partial charge in [0.15, 0.2) is 10.1 Å². The largest absolute Gasteiger partial charge is 0.384 e. The number of Topliss-reactive ketones (excluding diaryl/α,β-unsaturated/α-hetero) is 1. The van der Waals surface area contributed by atoms with E-state index < -0.39 is 17.1 Å². The van der Waals surface area contributed by atoms with E-state index in [4.69, 9.17) is 5.73 Å². The molecule has 1 aromatic heterocycles. The number of nitrogens with zero attached hydrogens (tertiary/aromatic N) is 4. The molecule has 0 radical (unpaired) electrons. The van der Waals surface area contributed by atoms with Gasteiger partial charge in [0.2, 0.25) is 11.0 Å². The lowest BCUT2D eigenvalue weighted by Crippen LogP contribution is -2.50. The number of hydrogen-bond acceptors (Lipinski definition) is 9. The van der Waals surface area contributed by atoms with Gasteiger partial charge in [0, 0.05) is 34.7 Å². The minimum atomic E-state index is -1.81. The van der Waals surface area contributed by atoms with Gasteiger partial charge in [0.25, 0.3) is 0 Å². The molecule has 1 spiro atoms. The minimum absolute atomic E-state index is 0.0144. The maximum atomic E-state index is 14.4. The number of amides is 1. The number of nitriles is 1. The number of carbonyl (C=O) groups excluding carboxylic acids is 2. The van der Waals surface area contributed by atoms with Crippen LogP contribution in [-0.2, 0) is 20.8 Å². The lowest BCUT2D eigenvalue weighted by Gasteiger charge is -2.42. The number of hydrogen-bond donors (Lipinski definition) is 2. The first kappa shape index (κ1) is 24.3. The van der Waals surface area contributed by atoms with Crippen molar-refractivity contribution in [1.82, 2.24) is 10.2 Å². The fraction of sp³-hybridized carbons (Fsp3) is 0.222. The normalized spacial score (nSPS) is 20.5. The van der Waals surface area contributed by atoms with Gasteiger partial charge in [-0.05, 0) is 43.5 Å². The number of nitrogens with one attached hydrogen (secondary N) is 1. The molecule has 0 saturated carbocycles. The summed E-state index contributed by atoms with van der Waals surface area (Å²) < 4.78 is 15.1. The molecule has 0 unspecified atom stereocenters. The molecule has 3 aliphatic rings. The van der Waals surface area contributed by atoms with E-state index in [1.165, 1.54) is 46.9 Å². The predicted octanol–water partition coefficient (Wildman–Crippen LogP) is 4.69. The Balaban J connectivity index is 1.46. The number of thioether (sulfide) groups is 1. The van der Waals surface area contributed by atoms with Crippen molar-refractivity contribution in [3.05, 3.63) is 87.6 Å². The monoisotopic (exact) mass is 544 g/mol. The van der Waals surface area contributed by atoms with E-state index in [2.05, 4.69) is 45.8 Å². The highest BCUT2D eigenvalue weighted by atomic mass is 32.2. The van der Waals surface area contributed by atoms with E-state index in [0.29, 0.717) is 39.5 Å². The van der Waals surface area contributed by atoms with Gasteiger partial charge in [-0.2, -0.15) is 5.26 Å². The topological polar surface area (TPSA) is 125 Å². The molecule has 2 aromatic carbocycles. The quantitative estimate of drug-likeness (QED) is 0.453. The predicted molar refractivity (Wildman–Crippen MR) is 143 cm³/mol. The van der Waals surface area contributed by atoms with E-state index in [0.717, 1.165) is 5.56 Å². The third-order valence-corrected chi connectivity index (χ3v) is 9.17. The first-order valence-electron chi connectivity index (χ1n) is 11.9. The molecule has 3 aromatic rings. The molecule has 1 atom stereocenters. The third-order valence-electron chi connectivity index (χ3n) is 7.06. The molecule has 11 heteroatoms. The van der Waals surface area contributed by atoms with Crippen molar-refractivity contribution in [1.29, 1.82) is 5.26 Å². The number of carbonyl (C=O) groups is 2. The van der Waals surface area contributed by atoms with Gasteiger partial charge in [0.05, 0.1) is 5.57 Å². The zero-order chi connectivity index (χ0) is 26.6. The first-order valence-corrected chi connectivity index (χ1v) is 13.8. The highest BCUT2D eigenvalue weighted by Crippen LogP contribution is 2.55. The van der Waals surface area contributed by atoms with Crippen LogP contribution in [0.1, 0.15) is 36.0 Å². The van der Waals surface area contributed by atoms with Crippen molar-refractivity contribution < 1.29 is 14.0 Å². The second kappa shape index (κ2) is 9.08. The van der Waals surface area contributed by atoms with Gasteiger partial charge in [-0.3, -0.25) is 14.5 Å². The molecule has 2 aliphatic heterocycles. The molecular formula is C27H21FN6O2S2. The summed E-state index contributed by atoms with van der Waals surface area (Å²) in [6.45, 7) is 2.04. The zero-order valence-electron chi connectivity index (χ0n) is 20.2. The molecule has 3 N–H and O–H groups in total. The minimum Gasteiger partial charge on any atom is -0.384 e. The van der Waals surface area contributed by atoms with Crippen LogP contribution in [0.15, 0.2) is 69.5 Å². The van der Waals surface area contributed by atoms with Crippen LogP contribution in [0.25, 0.3) is 0 Å². The molecule has 38 heavy (non-hydrogen) atoms. The van der Waals surface area contributed by atoms with Crippen LogP contribution in [0.2, 0.25) is 0 Å². The van der Waals surface area contributed by atoms with Gasteiger partial charge in [-0.15, -0.1) is 10.2 Å². The van der Waals surface area contributed by atoms with Crippen LogP contribution in [0.3, 0.4) is 0 Å². The molecular weight excluding hydrogens is 523 g/mol. The van der Waals surface area contributed by atoms with Gasteiger partial charge in [-0.25, -0.2) is 4.39 Å². The maximum absolute atomic E-state index is 14.4. The van der Waals surface area contributed by atoms with E-state index in [1.54, 1.807) is 4.90 Å². The van der Waals surface area contributed by atoms with Crippen LogP contribution in [0.4, 0.5) is 15.2 Å². The summed E-state index contributed by atoms with van der Waals surface area (Å²) in [7, 11) is 0. The summed E-state index contributed by atoms with van der Waals surface area (Å²) in [6.07, 6.45) is 1.19. The Kier molecular flexibility index (Phi) is 5.81. The van der Waals surface area contributed by atoms with Crippen molar-refractivity contribution in [3.8, 4) is 6.07 Å². The number of benzene rings is 2. The smallest absolute Gasteiger partial charge is 0.245 e. The van der Waals surface area contributed by atoms with E-state index in [-0.39, 0.29) is 34.7 Å². The SMILES string of the molecule is Cc1ccc(CSc2nnc(N3C(N)=C(C#N)[C@]4(C(=O)Nc5ccc(F)cc54)C4=C3CCCC4=O)s2)cc1. The van der Waals surface area contributed by atoms with Crippen molar-refractivity contribution in [3.63, 3.8) is 0 Å². The summed E-state index contributed by atoms with van der Waals surface area (Å²) in [5.74, 6) is -0.766. The summed E-state index contributed by atoms with van der Waals surface area (Å²) >= 11 is 2.81. The molecule has 1 aliphatic carbocycles. The Labute approximate surface area is 226 Å². The standard InChI is InChI=1S/C27H21FN6O2S2/c1-14-5-7-15(8-6-14)13-37-26-33-32-25(38-26)34-20-3-2-4-21(35)22(20)27(18(12-29)23(34)30)17-11-16(28)9-10-19(17)31-24(27)36/h5-11H,2-4,13,30H2,1H3,(H,31,36)/t27-/m0/s1. The van der Waals surface area contributed by atoms with Crippen molar-refractivity contribution in [2.24, 2.45) is 5.73 Å². The van der Waals surface area contributed by atoms with Gasteiger partial charge in [-0.1, -0.05) is 52.9 Å². The average Bonchev–Trinajstić information content (AvgIpc) is 3.47. The fourth-order valence-corrected chi connectivity index (χ4v) is 7.20. The van der Waals surface area contributed by atoms with E-state index in [9.17, 15) is 19.2 Å². The summed E-state index contributed by atoms with van der Waals surface area (Å²) in [4.78, 5) is 28.7. The highest BCUT2D eigenvalue weighted by molar-refractivity contribution is 8.00. The molecule has 6 rings (SSSR count). The number of aromatic nitrogens is 2. The number of anilines is 2. The molecule has 0 saturated heterocycles. The van der Waals surface area contributed by atoms with Gasteiger partial charge >= 0.3 is 0 Å². The second-order valence-corrected chi connectivity index (χ2v) is 11.5. The number of rotatable bonds is 4. The molecule has 0 fully saturated rings. The molecule has 8 nitrogen and oxygen atoms in total. The number of ketones is 1. The Morgan fingerprint density at radius 3 is 2.76 bits per heavy atom. The fourth-order valence-electron chi connectivity index (χ4n) is 5.36. The molecule has 190 valence electrons. The Hall–Kier alpha value is -4.01. The van der Waals surface area contributed by atoms with Crippen LogP contribution >= 0.6 is 23.1 Å². The summed E-state index contributed by atoms with van der Waals surface area (Å²) in [6, 6.07) is 14.2. The van der Waals surface area contributed by atoms with Crippen LogP contribution < -0.4 is 16.0 Å². The van der Waals surface area contributed by atoms with Gasteiger partial charge < -0.3 is 11.1 Å². The number of fused-ring (bicyclic) bond motifs is 3. The van der Waals surface area contributed by atoms with Crippen LogP contribution in [-0.4, -0.2) is 21.9 Å². The molecule has 0 bridgehead atoms. The maximum Gasteiger partial charge on any atom is 0.245 e. The number of aryl methyl sites for hydroxylation is 1. The number of halogens is 1. The van der Waals surface area contributed by atoms with Gasteiger partial charge in [0.1, 0.15) is 23.1 Å². The van der Waals surface area contributed by atoms with Crippen LogP contribution in [0.5, 0.6) is 0 Å². The van der Waals surface area contributed by atoms with Crippen molar-refractivity contribution in [2.45, 2.75) is 41.7 Å². The Morgan fingerprint density at radius 2 is 2.00 bits per heavy atom. The average molecular weight is 545 g/mol. The number of allylic oxidation sites excluding steroid dienone is 1. The molecule has 3 heterocycles.